The number of hydrogen-bond acceptors (Lipinski definition) is 5. The number of ether oxygens (including phenoxy) is 1. The molecule has 1 heterocycles. The Morgan fingerprint density at radius 3 is 2.78 bits per heavy atom. The zero-order valence-electron chi connectivity index (χ0n) is 10.8. The number of rotatable bonds is 8. The van der Waals surface area contributed by atoms with E-state index in [-0.39, 0.29) is 10.6 Å². The van der Waals surface area contributed by atoms with Gasteiger partial charge < -0.3 is 10.1 Å². The van der Waals surface area contributed by atoms with Crippen LogP contribution in [0.5, 0.6) is 0 Å². The molecule has 1 aromatic rings. The molecule has 6 heteroatoms. The molecule has 5 nitrogen and oxygen atoms in total. The Bertz CT molecular complexity index is 460. The van der Waals surface area contributed by atoms with Gasteiger partial charge in [0.2, 0.25) is 0 Å². The summed E-state index contributed by atoms with van der Waals surface area (Å²) >= 11 is 0. The third-order valence-corrected chi connectivity index (χ3v) is 4.15. The molecule has 0 aliphatic rings. The molecule has 0 unspecified atom stereocenters. The van der Waals surface area contributed by atoms with Crippen LogP contribution in [0.4, 0.5) is 5.69 Å². The van der Waals surface area contributed by atoms with Crippen LogP contribution in [-0.4, -0.2) is 38.9 Å². The lowest BCUT2D eigenvalue weighted by molar-refractivity contribution is 0.147. The van der Waals surface area contributed by atoms with Gasteiger partial charge in [0.05, 0.1) is 22.5 Å². The van der Waals surface area contributed by atoms with Crippen LogP contribution in [-0.2, 0) is 14.6 Å². The lowest BCUT2D eigenvalue weighted by atomic mass is 10.4. The third kappa shape index (κ3) is 4.62. The van der Waals surface area contributed by atoms with Crippen LogP contribution >= 0.6 is 0 Å². The van der Waals surface area contributed by atoms with Crippen molar-refractivity contribution >= 4 is 15.5 Å². The van der Waals surface area contributed by atoms with Crippen molar-refractivity contribution in [1.82, 2.24) is 4.98 Å². The minimum Gasteiger partial charge on any atom is -0.384 e. The largest absolute Gasteiger partial charge is 0.384 e. The van der Waals surface area contributed by atoms with Gasteiger partial charge in [-0.15, -0.1) is 0 Å². The number of sulfone groups is 1. The molecule has 0 saturated heterocycles. The van der Waals surface area contributed by atoms with Gasteiger partial charge in [0, 0.05) is 26.0 Å². The minimum atomic E-state index is -3.19. The summed E-state index contributed by atoms with van der Waals surface area (Å²) < 4.78 is 28.6. The van der Waals surface area contributed by atoms with E-state index in [0.717, 1.165) is 18.7 Å². The van der Waals surface area contributed by atoms with Gasteiger partial charge in [-0.05, 0) is 19.4 Å². The summed E-state index contributed by atoms with van der Waals surface area (Å²) in [6, 6.07) is 1.62. The first kappa shape index (κ1) is 14.9. The monoisotopic (exact) mass is 272 g/mol. The molecule has 0 radical (unpaired) electrons. The molecule has 1 aromatic heterocycles. The van der Waals surface area contributed by atoms with Gasteiger partial charge in [0.15, 0.2) is 9.84 Å². The first-order valence-electron chi connectivity index (χ1n) is 6.09. The predicted molar refractivity (Wildman–Crippen MR) is 71.6 cm³/mol. The molecule has 1 rings (SSSR count). The van der Waals surface area contributed by atoms with Crippen LogP contribution in [0.3, 0.4) is 0 Å². The number of aromatic nitrogens is 1. The number of pyridine rings is 1. The maximum Gasteiger partial charge on any atom is 0.179 e. The highest BCUT2D eigenvalue weighted by Crippen LogP contribution is 2.14. The number of hydrogen-bond donors (Lipinski definition) is 1. The zero-order chi connectivity index (χ0) is 13.4. The Morgan fingerprint density at radius 1 is 1.33 bits per heavy atom. The second-order valence-corrected chi connectivity index (χ2v) is 6.07. The lowest BCUT2D eigenvalue weighted by Crippen LogP contribution is -2.08. The van der Waals surface area contributed by atoms with E-state index in [1.54, 1.807) is 19.2 Å². The van der Waals surface area contributed by atoms with Crippen molar-refractivity contribution < 1.29 is 13.2 Å². The van der Waals surface area contributed by atoms with Crippen LogP contribution in [0.25, 0.3) is 0 Å². The van der Waals surface area contributed by atoms with Crippen LogP contribution in [0.15, 0.2) is 23.4 Å². The topological polar surface area (TPSA) is 68.3 Å². The fourth-order valence-corrected chi connectivity index (χ4v) is 2.26. The van der Waals surface area contributed by atoms with Crippen molar-refractivity contribution in [3.63, 3.8) is 0 Å². The van der Waals surface area contributed by atoms with Gasteiger partial charge in [-0.3, -0.25) is 4.98 Å². The van der Waals surface area contributed by atoms with Gasteiger partial charge in [0.1, 0.15) is 0 Å². The summed E-state index contributed by atoms with van der Waals surface area (Å²) in [5.74, 6) is 0.0858. The molecule has 0 aromatic carbocycles. The second kappa shape index (κ2) is 7.33. The first-order chi connectivity index (χ1) is 8.60. The standard InChI is InChI=1S/C12H20N2O3S/c1-3-17-7-5-6-14-11-8-12(10-13-9-11)18(15,16)4-2/h8-10,14H,3-7H2,1-2H3. The molecule has 0 aliphatic heterocycles. The van der Waals surface area contributed by atoms with E-state index in [1.165, 1.54) is 6.20 Å². The number of anilines is 1. The molecule has 18 heavy (non-hydrogen) atoms. The highest BCUT2D eigenvalue weighted by Gasteiger charge is 2.12. The molecule has 0 spiro atoms. The summed E-state index contributed by atoms with van der Waals surface area (Å²) in [7, 11) is -3.19. The Kier molecular flexibility index (Phi) is 6.07. The van der Waals surface area contributed by atoms with Gasteiger partial charge in [-0.25, -0.2) is 8.42 Å². The van der Waals surface area contributed by atoms with E-state index in [1.807, 2.05) is 6.92 Å². The molecule has 0 fully saturated rings. The summed E-state index contributed by atoms with van der Waals surface area (Å²) in [5.41, 5.74) is 0.723. The van der Waals surface area contributed by atoms with E-state index < -0.39 is 9.84 Å². The SMILES string of the molecule is CCOCCCNc1cncc(S(=O)(=O)CC)c1. The molecule has 0 amide bonds. The Balaban J connectivity index is 2.55. The number of nitrogens with one attached hydrogen (secondary N) is 1. The third-order valence-electron chi connectivity index (χ3n) is 2.45. The van der Waals surface area contributed by atoms with E-state index in [2.05, 4.69) is 10.3 Å². The molecule has 0 atom stereocenters. The zero-order valence-corrected chi connectivity index (χ0v) is 11.7. The van der Waals surface area contributed by atoms with Gasteiger partial charge in [-0.1, -0.05) is 6.92 Å². The van der Waals surface area contributed by atoms with Crippen molar-refractivity contribution in [2.75, 3.05) is 30.8 Å². The Morgan fingerprint density at radius 2 is 2.11 bits per heavy atom. The van der Waals surface area contributed by atoms with Gasteiger partial charge >= 0.3 is 0 Å². The first-order valence-corrected chi connectivity index (χ1v) is 7.74. The minimum absolute atomic E-state index is 0.0858. The molecular formula is C12H20N2O3S. The summed E-state index contributed by atoms with van der Waals surface area (Å²) in [6.45, 7) is 5.72. The molecule has 102 valence electrons. The summed E-state index contributed by atoms with van der Waals surface area (Å²) in [6.07, 6.45) is 3.87. The van der Waals surface area contributed by atoms with Crippen molar-refractivity contribution in [1.29, 1.82) is 0 Å². The second-order valence-electron chi connectivity index (χ2n) is 3.79. The highest BCUT2D eigenvalue weighted by molar-refractivity contribution is 7.91. The lowest BCUT2D eigenvalue weighted by Gasteiger charge is -2.07. The van der Waals surface area contributed by atoms with Crippen LogP contribution < -0.4 is 5.32 Å². The van der Waals surface area contributed by atoms with Crippen molar-refractivity contribution in [2.24, 2.45) is 0 Å². The predicted octanol–water partition coefficient (Wildman–Crippen LogP) is 1.71. The van der Waals surface area contributed by atoms with Gasteiger partial charge in [0.25, 0.3) is 0 Å². The summed E-state index contributed by atoms with van der Waals surface area (Å²) in [4.78, 5) is 4.20. The van der Waals surface area contributed by atoms with E-state index in [0.29, 0.717) is 13.2 Å². The van der Waals surface area contributed by atoms with Gasteiger partial charge in [-0.2, -0.15) is 0 Å². The van der Waals surface area contributed by atoms with E-state index in [9.17, 15) is 8.42 Å². The molecular weight excluding hydrogens is 252 g/mol. The Hall–Kier alpha value is -1.14. The van der Waals surface area contributed by atoms with Crippen LogP contribution in [0.2, 0.25) is 0 Å². The molecule has 0 saturated carbocycles. The average Bonchev–Trinajstić information content (AvgIpc) is 2.39. The van der Waals surface area contributed by atoms with E-state index >= 15 is 0 Å². The van der Waals surface area contributed by atoms with E-state index in [4.69, 9.17) is 4.74 Å². The Labute approximate surface area is 108 Å². The summed E-state index contributed by atoms with van der Waals surface area (Å²) in [5, 5.41) is 3.13. The quantitative estimate of drug-likeness (QED) is 0.730. The maximum atomic E-state index is 11.7. The highest BCUT2D eigenvalue weighted by atomic mass is 32.2. The van der Waals surface area contributed by atoms with Crippen molar-refractivity contribution in [3.05, 3.63) is 18.5 Å². The average molecular weight is 272 g/mol. The van der Waals surface area contributed by atoms with Crippen LogP contribution in [0.1, 0.15) is 20.3 Å². The molecule has 1 N–H and O–H groups in total. The molecule has 0 bridgehead atoms. The maximum absolute atomic E-state index is 11.7. The number of nitrogens with zero attached hydrogens (tertiary/aromatic N) is 1. The smallest absolute Gasteiger partial charge is 0.179 e. The normalized spacial score (nSPS) is 11.4. The fourth-order valence-electron chi connectivity index (χ4n) is 1.40. The van der Waals surface area contributed by atoms with Crippen molar-refractivity contribution in [3.8, 4) is 0 Å². The van der Waals surface area contributed by atoms with Crippen molar-refractivity contribution in [2.45, 2.75) is 25.2 Å². The van der Waals surface area contributed by atoms with Crippen LogP contribution in [0, 0.1) is 0 Å². The molecule has 0 aliphatic carbocycles. The fraction of sp³-hybridized carbons (Fsp3) is 0.583.